The summed E-state index contributed by atoms with van der Waals surface area (Å²) < 4.78 is 4.89. The van der Waals surface area contributed by atoms with Crippen molar-refractivity contribution < 1.29 is 9.53 Å². The largest absolute Gasteiger partial charge is 0.450 e. The fraction of sp³-hybridized carbons (Fsp3) is 0.615. The molecule has 0 saturated heterocycles. The van der Waals surface area contributed by atoms with Crippen LogP contribution >= 0.6 is 0 Å². The van der Waals surface area contributed by atoms with Crippen molar-refractivity contribution in [1.29, 1.82) is 0 Å². The van der Waals surface area contributed by atoms with E-state index in [0.29, 0.717) is 19.1 Å². The minimum absolute atomic E-state index is 0.324. The molecule has 0 aromatic carbocycles. The van der Waals surface area contributed by atoms with Gasteiger partial charge in [-0.25, -0.2) is 4.79 Å². The molecule has 90 valence electrons. The lowest BCUT2D eigenvalue weighted by molar-refractivity contribution is 0.147. The summed E-state index contributed by atoms with van der Waals surface area (Å²) in [4.78, 5) is 11.1. The SMILES string of the molecule is CCCOC(=O)NCC=CC1CC=CCC1. The van der Waals surface area contributed by atoms with E-state index >= 15 is 0 Å². The molecule has 0 aromatic rings. The highest BCUT2D eigenvalue weighted by atomic mass is 16.5. The normalized spacial score (nSPS) is 19.9. The van der Waals surface area contributed by atoms with Crippen molar-refractivity contribution in [3.8, 4) is 0 Å². The number of carbonyl (C=O) groups is 1. The molecule has 0 aromatic heterocycles. The second kappa shape index (κ2) is 7.97. The Morgan fingerprint density at radius 3 is 3.12 bits per heavy atom. The molecule has 1 amide bonds. The van der Waals surface area contributed by atoms with Gasteiger partial charge in [-0.1, -0.05) is 31.2 Å². The number of ether oxygens (including phenoxy) is 1. The van der Waals surface area contributed by atoms with Crippen LogP contribution in [0.4, 0.5) is 4.79 Å². The third kappa shape index (κ3) is 5.59. The summed E-state index contributed by atoms with van der Waals surface area (Å²) in [5.74, 6) is 0.637. The van der Waals surface area contributed by atoms with E-state index in [1.807, 2.05) is 13.0 Å². The quantitative estimate of drug-likeness (QED) is 0.727. The number of hydrogen-bond acceptors (Lipinski definition) is 2. The molecule has 16 heavy (non-hydrogen) atoms. The molecule has 0 bridgehead atoms. The summed E-state index contributed by atoms with van der Waals surface area (Å²) in [5, 5.41) is 2.69. The zero-order valence-corrected chi connectivity index (χ0v) is 9.95. The lowest BCUT2D eigenvalue weighted by Crippen LogP contribution is -2.24. The summed E-state index contributed by atoms with van der Waals surface area (Å²) in [5.41, 5.74) is 0. The van der Waals surface area contributed by atoms with Crippen LogP contribution in [-0.4, -0.2) is 19.2 Å². The van der Waals surface area contributed by atoms with Gasteiger partial charge in [0.2, 0.25) is 0 Å². The van der Waals surface area contributed by atoms with Gasteiger partial charge in [0.05, 0.1) is 6.61 Å². The Labute approximate surface area is 97.6 Å². The molecule has 0 fully saturated rings. The molecular weight excluding hydrogens is 202 g/mol. The molecule has 1 N–H and O–H groups in total. The Bertz CT molecular complexity index is 259. The van der Waals surface area contributed by atoms with E-state index < -0.39 is 0 Å². The van der Waals surface area contributed by atoms with Gasteiger partial charge in [0.15, 0.2) is 0 Å². The van der Waals surface area contributed by atoms with Gasteiger partial charge >= 0.3 is 6.09 Å². The maximum absolute atomic E-state index is 11.1. The van der Waals surface area contributed by atoms with Crippen LogP contribution in [0, 0.1) is 5.92 Å². The number of rotatable bonds is 5. The van der Waals surface area contributed by atoms with E-state index in [1.54, 1.807) is 0 Å². The lowest BCUT2D eigenvalue weighted by Gasteiger charge is -2.12. The number of amides is 1. The summed E-state index contributed by atoms with van der Waals surface area (Å²) in [7, 11) is 0. The van der Waals surface area contributed by atoms with Crippen molar-refractivity contribution >= 4 is 6.09 Å². The Morgan fingerprint density at radius 2 is 2.44 bits per heavy atom. The summed E-state index contributed by atoms with van der Waals surface area (Å²) in [6.45, 7) is 3.02. The van der Waals surface area contributed by atoms with Gasteiger partial charge in [-0.3, -0.25) is 0 Å². The van der Waals surface area contributed by atoms with Gasteiger partial charge in [-0.15, -0.1) is 0 Å². The van der Waals surface area contributed by atoms with Crippen molar-refractivity contribution in [3.05, 3.63) is 24.3 Å². The summed E-state index contributed by atoms with van der Waals surface area (Å²) in [6.07, 6.45) is 12.7. The van der Waals surface area contributed by atoms with E-state index in [-0.39, 0.29) is 6.09 Å². The molecule has 1 unspecified atom stereocenters. The van der Waals surface area contributed by atoms with E-state index in [4.69, 9.17) is 4.74 Å². The molecular formula is C13H21NO2. The van der Waals surface area contributed by atoms with Crippen LogP contribution in [0.1, 0.15) is 32.6 Å². The summed E-state index contributed by atoms with van der Waals surface area (Å²) >= 11 is 0. The predicted molar refractivity (Wildman–Crippen MR) is 65.3 cm³/mol. The van der Waals surface area contributed by atoms with Crippen LogP contribution in [0.3, 0.4) is 0 Å². The smallest absolute Gasteiger partial charge is 0.407 e. The Balaban J connectivity index is 2.07. The Kier molecular flexibility index (Phi) is 6.38. The van der Waals surface area contributed by atoms with Crippen LogP contribution in [0.15, 0.2) is 24.3 Å². The van der Waals surface area contributed by atoms with Crippen molar-refractivity contribution in [1.82, 2.24) is 5.32 Å². The first kappa shape index (κ1) is 12.8. The molecule has 0 spiro atoms. The molecule has 1 aliphatic carbocycles. The van der Waals surface area contributed by atoms with Crippen LogP contribution in [0.5, 0.6) is 0 Å². The molecule has 0 aliphatic heterocycles. The van der Waals surface area contributed by atoms with Gasteiger partial charge in [-0.05, 0) is 31.6 Å². The highest BCUT2D eigenvalue weighted by Crippen LogP contribution is 2.18. The third-order valence-electron chi connectivity index (χ3n) is 2.52. The predicted octanol–water partition coefficient (Wildman–Crippen LogP) is 3.04. The Morgan fingerprint density at radius 1 is 1.56 bits per heavy atom. The zero-order valence-electron chi connectivity index (χ0n) is 9.95. The van der Waals surface area contributed by atoms with E-state index in [1.165, 1.54) is 12.8 Å². The van der Waals surface area contributed by atoms with Gasteiger partial charge in [0.1, 0.15) is 0 Å². The monoisotopic (exact) mass is 223 g/mol. The number of allylic oxidation sites excluding steroid dienone is 3. The first-order valence-corrected chi connectivity index (χ1v) is 6.05. The standard InChI is InChI=1S/C13H21NO2/c1-2-11-16-13(15)14-10-6-9-12-7-4-3-5-8-12/h3-4,6,9,12H,2,5,7-8,10-11H2,1H3,(H,14,15). The van der Waals surface area contributed by atoms with Crippen LogP contribution in [0.25, 0.3) is 0 Å². The molecule has 1 aliphatic rings. The van der Waals surface area contributed by atoms with E-state index in [2.05, 4.69) is 23.5 Å². The first-order valence-electron chi connectivity index (χ1n) is 6.05. The van der Waals surface area contributed by atoms with E-state index in [0.717, 1.165) is 12.8 Å². The maximum Gasteiger partial charge on any atom is 0.407 e. The second-order valence-corrected chi connectivity index (χ2v) is 3.99. The van der Waals surface area contributed by atoms with Crippen molar-refractivity contribution in [2.24, 2.45) is 5.92 Å². The molecule has 0 saturated carbocycles. The Hall–Kier alpha value is -1.25. The molecule has 3 heteroatoms. The van der Waals surface area contributed by atoms with Crippen LogP contribution in [0.2, 0.25) is 0 Å². The van der Waals surface area contributed by atoms with Crippen molar-refractivity contribution in [3.63, 3.8) is 0 Å². The van der Waals surface area contributed by atoms with Crippen molar-refractivity contribution in [2.75, 3.05) is 13.2 Å². The highest BCUT2D eigenvalue weighted by molar-refractivity contribution is 5.67. The molecule has 0 radical (unpaired) electrons. The van der Waals surface area contributed by atoms with Gasteiger partial charge < -0.3 is 10.1 Å². The van der Waals surface area contributed by atoms with Crippen LogP contribution in [-0.2, 0) is 4.74 Å². The first-order chi connectivity index (χ1) is 7.83. The minimum Gasteiger partial charge on any atom is -0.450 e. The topological polar surface area (TPSA) is 38.3 Å². The van der Waals surface area contributed by atoms with Gasteiger partial charge in [0.25, 0.3) is 0 Å². The fourth-order valence-corrected chi connectivity index (χ4v) is 1.64. The number of hydrogen-bond donors (Lipinski definition) is 1. The highest BCUT2D eigenvalue weighted by Gasteiger charge is 2.05. The number of nitrogens with one attached hydrogen (secondary N) is 1. The van der Waals surface area contributed by atoms with E-state index in [9.17, 15) is 4.79 Å². The number of carbonyl (C=O) groups excluding carboxylic acids is 1. The fourth-order valence-electron chi connectivity index (χ4n) is 1.64. The van der Waals surface area contributed by atoms with Gasteiger partial charge in [-0.2, -0.15) is 0 Å². The third-order valence-corrected chi connectivity index (χ3v) is 2.52. The molecule has 3 nitrogen and oxygen atoms in total. The average molecular weight is 223 g/mol. The zero-order chi connectivity index (χ0) is 11.6. The average Bonchev–Trinajstić information content (AvgIpc) is 2.33. The lowest BCUT2D eigenvalue weighted by atomic mass is 9.94. The van der Waals surface area contributed by atoms with Gasteiger partial charge in [0, 0.05) is 6.54 Å². The molecule has 1 atom stereocenters. The van der Waals surface area contributed by atoms with Crippen molar-refractivity contribution in [2.45, 2.75) is 32.6 Å². The number of alkyl carbamates (subject to hydrolysis) is 1. The second-order valence-electron chi connectivity index (χ2n) is 3.99. The minimum atomic E-state index is -0.324. The maximum atomic E-state index is 11.1. The molecule has 0 heterocycles. The summed E-state index contributed by atoms with van der Waals surface area (Å²) in [6, 6.07) is 0. The molecule has 1 rings (SSSR count). The van der Waals surface area contributed by atoms with Crippen LogP contribution < -0.4 is 5.32 Å².